The summed E-state index contributed by atoms with van der Waals surface area (Å²) in [6.07, 6.45) is 0.854. The number of aromatic amines is 1. The van der Waals surface area contributed by atoms with Gasteiger partial charge in [0.25, 0.3) is 0 Å². The van der Waals surface area contributed by atoms with Crippen LogP contribution in [0.15, 0.2) is 94.7 Å². The summed E-state index contributed by atoms with van der Waals surface area (Å²) in [7, 11) is 0. The number of thiophene rings is 1. The van der Waals surface area contributed by atoms with Gasteiger partial charge in [0, 0.05) is 72.9 Å². The van der Waals surface area contributed by atoms with Crippen LogP contribution in [0.2, 0.25) is 5.02 Å². The number of hydrogen-bond donors (Lipinski definition) is 4. The second-order valence-electron chi connectivity index (χ2n) is 17.5. The highest BCUT2D eigenvalue weighted by Crippen LogP contribution is 2.40. The molecule has 9 rings (SSSR count). The van der Waals surface area contributed by atoms with Crippen LogP contribution in [-0.4, -0.2) is 93.9 Å². The first-order valence-electron chi connectivity index (χ1n) is 22.3. The van der Waals surface area contributed by atoms with E-state index >= 15 is 0 Å². The Balaban J connectivity index is 0.762. The third-order valence-electron chi connectivity index (χ3n) is 12.6. The lowest BCUT2D eigenvalue weighted by molar-refractivity contribution is -0.121. The summed E-state index contributed by atoms with van der Waals surface area (Å²) < 4.78 is 3.50. The van der Waals surface area contributed by atoms with Crippen molar-refractivity contribution < 1.29 is 15.0 Å². The number of nitrogens with one attached hydrogen (secondary N) is 2. The number of H-pyrrole nitrogens is 1. The maximum absolute atomic E-state index is 13.5. The number of halogens is 1. The molecule has 2 aliphatic heterocycles. The van der Waals surface area contributed by atoms with E-state index in [2.05, 4.69) is 78.2 Å². The van der Waals surface area contributed by atoms with Gasteiger partial charge in [0.15, 0.2) is 11.6 Å². The number of aromatic hydroxyl groups is 2. The molecule has 14 nitrogen and oxygen atoms in total. The normalized spacial score (nSPS) is 15.4. The fourth-order valence-electron chi connectivity index (χ4n) is 8.86. The highest BCUT2D eigenvalue weighted by atomic mass is 35.5. The molecule has 0 unspecified atom stereocenters. The number of phenolic OH excluding ortho intramolecular Hbond substituents is 2. The molecule has 0 aliphatic carbocycles. The molecule has 66 heavy (non-hydrogen) atoms. The van der Waals surface area contributed by atoms with Gasteiger partial charge in [-0.1, -0.05) is 74.0 Å². The van der Waals surface area contributed by atoms with E-state index in [-0.39, 0.29) is 35.6 Å². The molecule has 1 atom stereocenters. The van der Waals surface area contributed by atoms with Crippen molar-refractivity contribution in [2.75, 3.05) is 32.7 Å². The highest BCUT2D eigenvalue weighted by Gasteiger charge is 2.32. The highest BCUT2D eigenvalue weighted by molar-refractivity contribution is 7.15. The van der Waals surface area contributed by atoms with Gasteiger partial charge in [-0.25, -0.2) is 14.5 Å². The molecule has 1 amide bonds. The third kappa shape index (κ3) is 9.21. The van der Waals surface area contributed by atoms with Gasteiger partial charge in [-0.2, -0.15) is 5.10 Å². The smallest absolute Gasteiger partial charge is 0.348 e. The van der Waals surface area contributed by atoms with Gasteiger partial charge in [-0.15, -0.1) is 21.5 Å². The summed E-state index contributed by atoms with van der Waals surface area (Å²) in [5, 5.41) is 41.5. The largest absolute Gasteiger partial charge is 0.508 e. The Morgan fingerprint density at radius 1 is 0.848 bits per heavy atom. The average molecular weight is 926 g/mol. The zero-order chi connectivity index (χ0) is 46.2. The van der Waals surface area contributed by atoms with Crippen molar-refractivity contribution >= 4 is 34.6 Å². The number of aryl methyl sites for hydroxylation is 2. The number of rotatable bonds is 13. The Morgan fingerprint density at radius 2 is 1.48 bits per heavy atom. The topological polar surface area (TPSA) is 170 Å². The van der Waals surface area contributed by atoms with E-state index in [1.54, 1.807) is 17.4 Å². The van der Waals surface area contributed by atoms with Gasteiger partial charge >= 0.3 is 5.69 Å². The van der Waals surface area contributed by atoms with Gasteiger partial charge in [0.1, 0.15) is 28.4 Å². The van der Waals surface area contributed by atoms with Crippen LogP contribution in [0.1, 0.15) is 87.7 Å². The number of carbonyl (C=O) groups is 1. The Bertz CT molecular complexity index is 2980. The molecular weight excluding hydrogens is 872 g/mol. The molecule has 4 aromatic carbocycles. The van der Waals surface area contributed by atoms with E-state index < -0.39 is 11.7 Å². The van der Waals surface area contributed by atoms with Crippen LogP contribution in [0.4, 0.5) is 0 Å². The van der Waals surface area contributed by atoms with Crippen LogP contribution in [-0.2, 0) is 24.3 Å². The molecule has 1 saturated heterocycles. The van der Waals surface area contributed by atoms with E-state index in [0.29, 0.717) is 40.6 Å². The Kier molecular flexibility index (Phi) is 12.8. The second kappa shape index (κ2) is 18.8. The minimum Gasteiger partial charge on any atom is -0.508 e. The van der Waals surface area contributed by atoms with Crippen molar-refractivity contribution in [2.45, 2.75) is 72.5 Å². The number of fused-ring (bicyclic) bond motifs is 3. The standard InChI is InChI=1S/C50H53ClN10O4S/c1-29(2)39-24-40(43(63)26-42(39)62)47-55-57-50(65)61(47)38-16-10-35(11-17-38)28-59-22-20-58(21-23-59)27-34-8-6-33(7-9-34)18-19-52-44(64)25-41-48-56-54-32(5)60(48)49-45(30(3)31(4)66-49)46(53-41)36-12-14-37(51)15-13-36/h6-17,24,26,29,41,62-63H,18-23,25,27-28H2,1-5H3,(H,52,64)(H,57,65)/t41-/m0/s1. The molecule has 0 spiro atoms. The van der Waals surface area contributed by atoms with Gasteiger partial charge < -0.3 is 15.5 Å². The lowest BCUT2D eigenvalue weighted by Gasteiger charge is -2.34. The van der Waals surface area contributed by atoms with Gasteiger partial charge in [0.2, 0.25) is 5.91 Å². The summed E-state index contributed by atoms with van der Waals surface area (Å²) in [4.78, 5) is 37.8. The lowest BCUT2D eigenvalue weighted by atomic mass is 9.98. The monoisotopic (exact) mass is 924 g/mol. The number of carbonyl (C=O) groups excluding carboxylic acids is 1. The molecule has 4 N–H and O–H groups in total. The number of hydrogen-bond acceptors (Lipinski definition) is 11. The van der Waals surface area contributed by atoms with E-state index in [0.717, 1.165) is 83.6 Å². The Morgan fingerprint density at radius 3 is 2.14 bits per heavy atom. The van der Waals surface area contributed by atoms with Crippen LogP contribution < -0.4 is 11.0 Å². The van der Waals surface area contributed by atoms with Gasteiger partial charge in [-0.05, 0) is 91.3 Å². The van der Waals surface area contributed by atoms with Gasteiger partial charge in [0.05, 0.1) is 23.4 Å². The molecule has 1 fully saturated rings. The number of piperazine rings is 1. The molecule has 2 aliphatic rings. The number of benzene rings is 4. The molecule has 0 radical (unpaired) electrons. The molecule has 3 aromatic heterocycles. The zero-order valence-electron chi connectivity index (χ0n) is 37.7. The SMILES string of the molecule is Cc1sc2c(c1C)C(c1ccc(Cl)cc1)=N[C@@H](CC(=O)NCCc1ccc(CN3CCN(Cc4ccc(-n5c(-c6cc(C(C)C)c(O)cc6O)n[nH]c5=O)cc4)CC3)cc1)c1nnc(C)n1-2. The van der Waals surface area contributed by atoms with Crippen molar-refractivity contribution in [3.63, 3.8) is 0 Å². The summed E-state index contributed by atoms with van der Waals surface area (Å²) in [6.45, 7) is 16.0. The van der Waals surface area contributed by atoms with Crippen molar-refractivity contribution in [1.29, 1.82) is 0 Å². The number of phenols is 2. The number of nitrogens with zero attached hydrogens (tertiary/aromatic N) is 8. The Labute approximate surface area is 392 Å². The zero-order valence-corrected chi connectivity index (χ0v) is 39.2. The van der Waals surface area contributed by atoms with E-state index in [4.69, 9.17) is 16.6 Å². The van der Waals surface area contributed by atoms with Crippen LogP contribution >= 0.6 is 22.9 Å². The third-order valence-corrected chi connectivity index (χ3v) is 14.1. The van der Waals surface area contributed by atoms with Crippen molar-refractivity contribution in [3.8, 4) is 33.6 Å². The molecular formula is C50H53ClN10O4S. The number of aliphatic imine (C=N–C) groups is 1. The summed E-state index contributed by atoms with van der Waals surface area (Å²) in [6, 6.07) is 26.7. The van der Waals surface area contributed by atoms with E-state index in [9.17, 15) is 19.8 Å². The second-order valence-corrected chi connectivity index (χ2v) is 19.2. The molecule has 0 saturated carbocycles. The first-order valence-corrected chi connectivity index (χ1v) is 23.5. The van der Waals surface area contributed by atoms with Crippen LogP contribution in [0.3, 0.4) is 0 Å². The minimum atomic E-state index is -0.519. The number of amides is 1. The van der Waals surface area contributed by atoms with Crippen molar-refractivity contribution in [2.24, 2.45) is 4.99 Å². The van der Waals surface area contributed by atoms with Crippen LogP contribution in [0.25, 0.3) is 22.1 Å². The summed E-state index contributed by atoms with van der Waals surface area (Å²) in [5.41, 5.74) is 8.73. The molecule has 7 aromatic rings. The first kappa shape index (κ1) is 44.8. The molecule has 5 heterocycles. The lowest BCUT2D eigenvalue weighted by Crippen LogP contribution is -2.45. The van der Waals surface area contributed by atoms with Crippen LogP contribution in [0.5, 0.6) is 11.5 Å². The fourth-order valence-corrected chi connectivity index (χ4v) is 10.2. The maximum Gasteiger partial charge on any atom is 0.348 e. The van der Waals surface area contributed by atoms with Crippen molar-refractivity contribution in [3.05, 3.63) is 156 Å². The van der Waals surface area contributed by atoms with E-state index in [1.165, 1.54) is 21.1 Å². The number of aromatic nitrogens is 6. The van der Waals surface area contributed by atoms with Crippen LogP contribution in [0, 0.1) is 20.8 Å². The quantitative estimate of drug-likeness (QED) is 0.0897. The molecule has 16 heteroatoms. The Hall–Kier alpha value is -6.39. The van der Waals surface area contributed by atoms with E-state index in [1.807, 2.05) is 69.3 Å². The molecule has 0 bridgehead atoms. The predicted molar refractivity (Wildman–Crippen MR) is 259 cm³/mol. The summed E-state index contributed by atoms with van der Waals surface area (Å²) in [5.74, 6) is 1.46. The predicted octanol–water partition coefficient (Wildman–Crippen LogP) is 7.94. The molecule has 340 valence electrons. The summed E-state index contributed by atoms with van der Waals surface area (Å²) >= 11 is 7.96. The van der Waals surface area contributed by atoms with Crippen molar-refractivity contribution in [1.82, 2.24) is 44.6 Å². The first-order chi connectivity index (χ1) is 31.8. The average Bonchev–Trinajstić information content (AvgIpc) is 3.94. The maximum atomic E-state index is 13.5. The minimum absolute atomic E-state index is 0.00114. The van der Waals surface area contributed by atoms with Gasteiger partial charge in [-0.3, -0.25) is 24.2 Å². The fraction of sp³-hybridized carbons (Fsp3) is 0.320.